The predicted molar refractivity (Wildman–Crippen MR) is 237 cm³/mol. The highest BCUT2D eigenvalue weighted by Gasteiger charge is 2.17. The highest BCUT2D eigenvalue weighted by atomic mass is 15.1. The Morgan fingerprint density at radius 3 is 1.58 bits per heavy atom. The molecule has 0 atom stereocenters. The summed E-state index contributed by atoms with van der Waals surface area (Å²) in [5.41, 5.74) is 8.23. The fourth-order valence-corrected chi connectivity index (χ4v) is 8.69. The molecule has 0 bridgehead atoms. The molecule has 11 aromatic carbocycles. The second-order valence-electron chi connectivity index (χ2n) is 14.5. The summed E-state index contributed by atoms with van der Waals surface area (Å²) in [4.78, 5) is 2.40. The zero-order valence-electron chi connectivity index (χ0n) is 30.2. The van der Waals surface area contributed by atoms with Crippen molar-refractivity contribution in [1.82, 2.24) is 0 Å². The summed E-state index contributed by atoms with van der Waals surface area (Å²) in [6.07, 6.45) is 0. The topological polar surface area (TPSA) is 3.24 Å². The molecule has 0 fully saturated rings. The molecule has 0 aliphatic carbocycles. The Hall–Kier alpha value is -7.22. The van der Waals surface area contributed by atoms with Gasteiger partial charge in [-0.3, -0.25) is 0 Å². The van der Waals surface area contributed by atoms with E-state index in [0.29, 0.717) is 0 Å². The van der Waals surface area contributed by atoms with Crippen LogP contribution >= 0.6 is 0 Å². The number of hydrogen-bond donors (Lipinski definition) is 0. The number of benzene rings is 11. The Morgan fingerprint density at radius 2 is 0.745 bits per heavy atom. The molecule has 256 valence electrons. The lowest BCUT2D eigenvalue weighted by Crippen LogP contribution is -2.10. The second-order valence-corrected chi connectivity index (χ2v) is 14.5. The molecular weight excluding hydrogens is 663 g/mol. The van der Waals surface area contributed by atoms with Gasteiger partial charge >= 0.3 is 0 Å². The van der Waals surface area contributed by atoms with Crippen molar-refractivity contribution >= 4 is 81.7 Å². The maximum atomic E-state index is 2.40. The molecule has 0 radical (unpaired) electrons. The van der Waals surface area contributed by atoms with Gasteiger partial charge in [-0.25, -0.2) is 0 Å². The highest BCUT2D eigenvalue weighted by Crippen LogP contribution is 2.42. The maximum absolute atomic E-state index is 2.40. The maximum Gasteiger partial charge on any atom is 0.0468 e. The molecule has 0 heterocycles. The SMILES string of the molecule is c1ccc(-c2cccc(N(c3ccc4cc(-c5cc6ccccc6c6c5ccc5ccccc56)ccc4c3)c3ccc4c(ccc5ccccc54)c3)c2)cc1. The van der Waals surface area contributed by atoms with E-state index in [9.17, 15) is 0 Å². The van der Waals surface area contributed by atoms with Gasteiger partial charge in [0.05, 0.1) is 0 Å². The number of nitrogens with zero attached hydrogens (tertiary/aromatic N) is 1. The van der Waals surface area contributed by atoms with Gasteiger partial charge in [0.1, 0.15) is 0 Å². The van der Waals surface area contributed by atoms with E-state index in [1.807, 2.05) is 0 Å². The van der Waals surface area contributed by atoms with Crippen LogP contribution in [0.15, 0.2) is 212 Å². The molecule has 0 N–H and O–H groups in total. The molecule has 0 saturated carbocycles. The van der Waals surface area contributed by atoms with Crippen LogP contribution in [0.2, 0.25) is 0 Å². The fraction of sp³-hybridized carbons (Fsp3) is 0. The quantitative estimate of drug-likeness (QED) is 0.162. The lowest BCUT2D eigenvalue weighted by molar-refractivity contribution is 1.29. The summed E-state index contributed by atoms with van der Waals surface area (Å²) in [5, 5.41) is 15.1. The van der Waals surface area contributed by atoms with Crippen LogP contribution in [-0.2, 0) is 0 Å². The Kier molecular flexibility index (Phi) is 7.25. The van der Waals surface area contributed by atoms with E-state index in [2.05, 4.69) is 217 Å². The van der Waals surface area contributed by atoms with Crippen molar-refractivity contribution in [3.05, 3.63) is 212 Å². The lowest BCUT2D eigenvalue weighted by atomic mass is 9.89. The average Bonchev–Trinajstić information content (AvgIpc) is 3.26. The summed E-state index contributed by atoms with van der Waals surface area (Å²) in [7, 11) is 0. The third-order valence-corrected chi connectivity index (χ3v) is 11.3. The van der Waals surface area contributed by atoms with Crippen LogP contribution in [0.5, 0.6) is 0 Å². The largest absolute Gasteiger partial charge is 0.310 e. The van der Waals surface area contributed by atoms with Crippen molar-refractivity contribution in [3.63, 3.8) is 0 Å². The van der Waals surface area contributed by atoms with Crippen molar-refractivity contribution in [3.8, 4) is 22.3 Å². The smallest absolute Gasteiger partial charge is 0.0468 e. The first-order valence-corrected chi connectivity index (χ1v) is 19.0. The molecular formula is C54H35N. The first-order valence-electron chi connectivity index (χ1n) is 19.0. The minimum absolute atomic E-state index is 1.12. The lowest BCUT2D eigenvalue weighted by Gasteiger charge is -2.27. The van der Waals surface area contributed by atoms with Crippen LogP contribution in [0.25, 0.3) is 86.9 Å². The van der Waals surface area contributed by atoms with Gasteiger partial charge in [-0.2, -0.15) is 0 Å². The molecule has 0 saturated heterocycles. The van der Waals surface area contributed by atoms with Gasteiger partial charge < -0.3 is 4.90 Å². The number of rotatable bonds is 5. The Balaban J connectivity index is 1.07. The van der Waals surface area contributed by atoms with Gasteiger partial charge in [-0.1, -0.05) is 164 Å². The Morgan fingerprint density at radius 1 is 0.236 bits per heavy atom. The molecule has 0 unspecified atom stereocenters. The van der Waals surface area contributed by atoms with E-state index in [1.54, 1.807) is 0 Å². The van der Waals surface area contributed by atoms with E-state index in [1.165, 1.54) is 86.9 Å². The van der Waals surface area contributed by atoms with Gasteiger partial charge in [0.2, 0.25) is 0 Å². The number of anilines is 3. The van der Waals surface area contributed by atoms with Crippen molar-refractivity contribution in [2.45, 2.75) is 0 Å². The number of hydrogen-bond acceptors (Lipinski definition) is 1. The minimum atomic E-state index is 1.12. The molecule has 11 rings (SSSR count). The molecule has 11 aromatic rings. The van der Waals surface area contributed by atoms with Gasteiger partial charge in [-0.05, 0) is 135 Å². The van der Waals surface area contributed by atoms with Crippen LogP contribution in [0.3, 0.4) is 0 Å². The van der Waals surface area contributed by atoms with Gasteiger partial charge in [0, 0.05) is 17.1 Å². The Labute approximate surface area is 320 Å². The van der Waals surface area contributed by atoms with Crippen LogP contribution in [0, 0.1) is 0 Å². The molecule has 1 nitrogen and oxygen atoms in total. The second kappa shape index (κ2) is 12.7. The summed E-state index contributed by atoms with van der Waals surface area (Å²) in [5.74, 6) is 0. The van der Waals surface area contributed by atoms with E-state index in [4.69, 9.17) is 0 Å². The predicted octanol–water partition coefficient (Wildman–Crippen LogP) is 15.4. The third kappa shape index (κ3) is 5.32. The summed E-state index contributed by atoms with van der Waals surface area (Å²) in [6, 6.07) is 77.9. The van der Waals surface area contributed by atoms with Crippen LogP contribution in [0.1, 0.15) is 0 Å². The molecule has 0 aliphatic heterocycles. The molecule has 0 aromatic heterocycles. The van der Waals surface area contributed by atoms with E-state index in [0.717, 1.165) is 17.1 Å². The van der Waals surface area contributed by atoms with Gasteiger partial charge in [0.15, 0.2) is 0 Å². The average molecular weight is 698 g/mol. The van der Waals surface area contributed by atoms with Crippen molar-refractivity contribution in [1.29, 1.82) is 0 Å². The number of fused-ring (bicyclic) bond motifs is 9. The van der Waals surface area contributed by atoms with E-state index >= 15 is 0 Å². The minimum Gasteiger partial charge on any atom is -0.310 e. The molecule has 0 amide bonds. The van der Waals surface area contributed by atoms with E-state index in [-0.39, 0.29) is 0 Å². The normalized spacial score (nSPS) is 11.6. The zero-order chi connectivity index (χ0) is 36.3. The Bertz CT molecular complexity index is 3250. The fourth-order valence-electron chi connectivity index (χ4n) is 8.69. The van der Waals surface area contributed by atoms with Crippen molar-refractivity contribution in [2.24, 2.45) is 0 Å². The molecule has 1 heteroatoms. The van der Waals surface area contributed by atoms with Crippen molar-refractivity contribution < 1.29 is 0 Å². The van der Waals surface area contributed by atoms with Gasteiger partial charge in [-0.15, -0.1) is 0 Å². The first kappa shape index (κ1) is 31.3. The first-order chi connectivity index (χ1) is 27.2. The molecule has 0 aliphatic rings. The summed E-state index contributed by atoms with van der Waals surface area (Å²) in [6.45, 7) is 0. The summed E-state index contributed by atoms with van der Waals surface area (Å²) < 4.78 is 0. The van der Waals surface area contributed by atoms with Crippen LogP contribution in [-0.4, -0.2) is 0 Å². The van der Waals surface area contributed by atoms with Crippen molar-refractivity contribution in [2.75, 3.05) is 4.90 Å². The highest BCUT2D eigenvalue weighted by molar-refractivity contribution is 6.24. The van der Waals surface area contributed by atoms with Crippen LogP contribution < -0.4 is 4.90 Å². The monoisotopic (exact) mass is 697 g/mol. The molecule has 0 spiro atoms. The summed E-state index contributed by atoms with van der Waals surface area (Å²) >= 11 is 0. The van der Waals surface area contributed by atoms with Crippen LogP contribution in [0.4, 0.5) is 17.1 Å². The van der Waals surface area contributed by atoms with E-state index < -0.39 is 0 Å². The zero-order valence-corrected chi connectivity index (χ0v) is 30.2. The molecule has 55 heavy (non-hydrogen) atoms. The standard InChI is InChI=1S/C54H35N/c1-2-11-36(12-3-1)39-16-10-17-45(32-39)55(47-28-30-49-44(34-47)23-21-37-13-4-7-18-48(37)49)46-27-25-40-31-43(24-22-41(40)33-46)53-35-42-15-6-9-20-51(42)54-50-19-8-5-14-38(50)26-29-52(53)54/h1-35H. The van der Waals surface area contributed by atoms with Gasteiger partial charge in [0.25, 0.3) is 0 Å². The third-order valence-electron chi connectivity index (χ3n) is 11.3.